The highest BCUT2D eigenvalue weighted by Gasteiger charge is 2.31. The SMILES string of the molecule is CC(C)(C)OC(=O)Nc1cc(C(F)(F)F)ccc1CS. The van der Waals surface area contributed by atoms with Gasteiger partial charge in [0.05, 0.1) is 5.56 Å². The molecule has 0 heterocycles. The molecule has 0 saturated heterocycles. The summed E-state index contributed by atoms with van der Waals surface area (Å²) in [4.78, 5) is 11.6. The minimum Gasteiger partial charge on any atom is -0.444 e. The molecule has 0 aromatic heterocycles. The van der Waals surface area contributed by atoms with Crippen LogP contribution >= 0.6 is 12.6 Å². The number of benzene rings is 1. The van der Waals surface area contributed by atoms with Gasteiger partial charge in [0.2, 0.25) is 0 Å². The van der Waals surface area contributed by atoms with Crippen molar-refractivity contribution in [3.8, 4) is 0 Å². The van der Waals surface area contributed by atoms with Crippen LogP contribution < -0.4 is 5.32 Å². The smallest absolute Gasteiger partial charge is 0.416 e. The number of hydrogen-bond acceptors (Lipinski definition) is 3. The molecule has 1 N–H and O–H groups in total. The molecule has 20 heavy (non-hydrogen) atoms. The Balaban J connectivity index is 3.00. The molecule has 0 atom stereocenters. The minimum atomic E-state index is -4.47. The van der Waals surface area contributed by atoms with E-state index in [2.05, 4.69) is 17.9 Å². The molecule has 0 aliphatic heterocycles. The quantitative estimate of drug-likeness (QED) is 0.791. The number of amides is 1. The molecular weight excluding hydrogens is 291 g/mol. The predicted octanol–water partition coefficient (Wildman–Crippen LogP) is 4.48. The van der Waals surface area contributed by atoms with Crippen LogP contribution in [0.25, 0.3) is 0 Å². The van der Waals surface area contributed by atoms with Gasteiger partial charge >= 0.3 is 12.3 Å². The van der Waals surface area contributed by atoms with Crippen molar-refractivity contribution in [3.63, 3.8) is 0 Å². The number of carbonyl (C=O) groups is 1. The summed E-state index contributed by atoms with van der Waals surface area (Å²) >= 11 is 4.02. The molecule has 3 nitrogen and oxygen atoms in total. The second-order valence-corrected chi connectivity index (χ2v) is 5.47. The van der Waals surface area contributed by atoms with Crippen LogP contribution in [0.3, 0.4) is 0 Å². The Morgan fingerprint density at radius 3 is 2.35 bits per heavy atom. The Morgan fingerprint density at radius 2 is 1.90 bits per heavy atom. The van der Waals surface area contributed by atoms with Crippen molar-refractivity contribution in [1.82, 2.24) is 0 Å². The van der Waals surface area contributed by atoms with E-state index in [9.17, 15) is 18.0 Å². The number of ether oxygens (including phenoxy) is 1. The first kappa shape index (κ1) is 16.7. The van der Waals surface area contributed by atoms with Gasteiger partial charge in [-0.1, -0.05) is 6.07 Å². The lowest BCUT2D eigenvalue weighted by Crippen LogP contribution is -2.27. The van der Waals surface area contributed by atoms with E-state index in [0.29, 0.717) is 5.56 Å². The summed E-state index contributed by atoms with van der Waals surface area (Å²) < 4.78 is 43.0. The number of thiol groups is 1. The largest absolute Gasteiger partial charge is 0.444 e. The highest BCUT2D eigenvalue weighted by atomic mass is 32.1. The molecule has 0 bridgehead atoms. The van der Waals surface area contributed by atoms with Crippen molar-refractivity contribution >= 4 is 24.4 Å². The first-order valence-corrected chi connectivity index (χ1v) is 6.47. The zero-order valence-electron chi connectivity index (χ0n) is 11.3. The normalized spacial score (nSPS) is 12.2. The van der Waals surface area contributed by atoms with Gasteiger partial charge in [-0.15, -0.1) is 0 Å². The molecule has 0 fully saturated rings. The Hall–Kier alpha value is -1.37. The summed E-state index contributed by atoms with van der Waals surface area (Å²) in [5.41, 5.74) is -1.04. The lowest BCUT2D eigenvalue weighted by atomic mass is 10.1. The number of halogens is 3. The number of carbonyl (C=O) groups excluding carboxylic acids is 1. The third-order valence-electron chi connectivity index (χ3n) is 2.24. The van der Waals surface area contributed by atoms with Gasteiger partial charge < -0.3 is 4.74 Å². The maximum atomic E-state index is 12.6. The molecule has 0 aliphatic rings. The van der Waals surface area contributed by atoms with E-state index in [0.717, 1.165) is 12.1 Å². The summed E-state index contributed by atoms with van der Waals surface area (Å²) in [6.07, 6.45) is -5.28. The second-order valence-electron chi connectivity index (χ2n) is 5.15. The van der Waals surface area contributed by atoms with E-state index in [1.165, 1.54) is 6.07 Å². The van der Waals surface area contributed by atoms with Gasteiger partial charge in [0, 0.05) is 11.4 Å². The molecule has 1 rings (SSSR count). The first-order chi connectivity index (χ1) is 9.03. The summed E-state index contributed by atoms with van der Waals surface area (Å²) in [5.74, 6) is 0.198. The highest BCUT2D eigenvalue weighted by molar-refractivity contribution is 7.79. The van der Waals surface area contributed by atoms with E-state index in [4.69, 9.17) is 4.74 Å². The summed E-state index contributed by atoms with van der Waals surface area (Å²) in [5, 5.41) is 2.32. The van der Waals surface area contributed by atoms with Crippen LogP contribution in [-0.4, -0.2) is 11.7 Å². The standard InChI is InChI=1S/C13H16F3NO2S/c1-12(2,3)19-11(18)17-10-6-9(13(14,15)16)5-4-8(10)7-20/h4-6,20H,7H2,1-3H3,(H,17,18). The van der Waals surface area contributed by atoms with Crippen molar-refractivity contribution in [3.05, 3.63) is 29.3 Å². The summed E-state index contributed by atoms with van der Waals surface area (Å²) in [7, 11) is 0. The fourth-order valence-corrected chi connectivity index (χ4v) is 1.70. The van der Waals surface area contributed by atoms with Crippen molar-refractivity contribution in [2.24, 2.45) is 0 Å². The number of nitrogens with one attached hydrogen (secondary N) is 1. The number of alkyl halides is 3. The predicted molar refractivity (Wildman–Crippen MR) is 74.0 cm³/mol. The van der Waals surface area contributed by atoms with Crippen LogP contribution in [0.1, 0.15) is 31.9 Å². The Kier molecular flexibility index (Phi) is 4.96. The fourth-order valence-electron chi connectivity index (χ4n) is 1.42. The third kappa shape index (κ3) is 4.96. The van der Waals surface area contributed by atoms with Crippen LogP contribution in [0.2, 0.25) is 0 Å². The van der Waals surface area contributed by atoms with Crippen molar-refractivity contribution in [2.45, 2.75) is 38.3 Å². The van der Waals surface area contributed by atoms with E-state index in [1.54, 1.807) is 20.8 Å². The maximum absolute atomic E-state index is 12.6. The van der Waals surface area contributed by atoms with E-state index < -0.39 is 23.4 Å². The van der Waals surface area contributed by atoms with Gasteiger partial charge in [0.25, 0.3) is 0 Å². The lowest BCUT2D eigenvalue weighted by Gasteiger charge is -2.20. The summed E-state index contributed by atoms with van der Waals surface area (Å²) in [6.45, 7) is 4.99. The molecular formula is C13H16F3NO2S. The van der Waals surface area contributed by atoms with Gasteiger partial charge in [-0.2, -0.15) is 25.8 Å². The summed E-state index contributed by atoms with van der Waals surface area (Å²) in [6, 6.07) is 3.10. The Morgan fingerprint density at radius 1 is 1.30 bits per heavy atom. The topological polar surface area (TPSA) is 38.3 Å². The molecule has 0 radical (unpaired) electrons. The van der Waals surface area contributed by atoms with Crippen molar-refractivity contribution < 1.29 is 22.7 Å². The van der Waals surface area contributed by atoms with Gasteiger partial charge in [-0.25, -0.2) is 4.79 Å². The van der Waals surface area contributed by atoms with Gasteiger partial charge in [-0.05, 0) is 38.5 Å². The Labute approximate surface area is 120 Å². The van der Waals surface area contributed by atoms with E-state index >= 15 is 0 Å². The average molecular weight is 307 g/mol. The van der Waals surface area contributed by atoms with Crippen LogP contribution in [0.4, 0.5) is 23.7 Å². The molecule has 0 unspecified atom stereocenters. The average Bonchev–Trinajstić information content (AvgIpc) is 2.24. The molecule has 7 heteroatoms. The molecule has 0 aliphatic carbocycles. The Bertz CT molecular complexity index is 495. The van der Waals surface area contributed by atoms with Gasteiger partial charge in [0.1, 0.15) is 5.60 Å². The van der Waals surface area contributed by atoms with E-state index in [1.807, 2.05) is 0 Å². The van der Waals surface area contributed by atoms with Gasteiger partial charge in [0.15, 0.2) is 0 Å². The maximum Gasteiger partial charge on any atom is 0.416 e. The van der Waals surface area contributed by atoms with Crippen LogP contribution in [0, 0.1) is 0 Å². The van der Waals surface area contributed by atoms with Gasteiger partial charge in [-0.3, -0.25) is 5.32 Å². The number of hydrogen-bond donors (Lipinski definition) is 2. The van der Waals surface area contributed by atoms with Crippen molar-refractivity contribution in [2.75, 3.05) is 5.32 Å². The minimum absolute atomic E-state index is 0.0454. The van der Waals surface area contributed by atoms with E-state index in [-0.39, 0.29) is 11.4 Å². The third-order valence-corrected chi connectivity index (χ3v) is 2.58. The number of rotatable bonds is 2. The molecule has 112 valence electrons. The van der Waals surface area contributed by atoms with Crippen molar-refractivity contribution in [1.29, 1.82) is 0 Å². The molecule has 1 amide bonds. The first-order valence-electron chi connectivity index (χ1n) is 5.84. The zero-order valence-corrected chi connectivity index (χ0v) is 12.2. The number of anilines is 1. The lowest BCUT2D eigenvalue weighted by molar-refractivity contribution is -0.137. The van der Waals surface area contributed by atoms with Crippen LogP contribution in [0.5, 0.6) is 0 Å². The fraction of sp³-hybridized carbons (Fsp3) is 0.462. The van der Waals surface area contributed by atoms with Crippen LogP contribution in [0.15, 0.2) is 18.2 Å². The second kappa shape index (κ2) is 5.95. The molecule has 0 saturated carbocycles. The monoisotopic (exact) mass is 307 g/mol. The molecule has 0 spiro atoms. The molecule has 1 aromatic carbocycles. The zero-order chi connectivity index (χ0) is 15.6. The highest BCUT2D eigenvalue weighted by Crippen LogP contribution is 2.32. The van der Waals surface area contributed by atoms with Crippen LogP contribution in [-0.2, 0) is 16.7 Å². The molecule has 1 aromatic rings.